The second kappa shape index (κ2) is 11.5. The monoisotopic (exact) mass is 558 g/mol. The SMILES string of the molecule is O=C(COc1ccccc1C=Nn1c(C2CCCCC2)nc2ccc(Br)cc2c1=O)Nc1ccccc1. The minimum atomic E-state index is -0.266. The molecule has 1 fully saturated rings. The highest BCUT2D eigenvalue weighted by molar-refractivity contribution is 9.10. The number of amides is 1. The maximum Gasteiger partial charge on any atom is 0.282 e. The zero-order chi connectivity index (χ0) is 25.6. The van der Waals surface area contributed by atoms with E-state index >= 15 is 0 Å². The lowest BCUT2D eigenvalue weighted by Gasteiger charge is -2.22. The Bertz CT molecular complexity index is 1490. The molecule has 0 unspecified atom stereocenters. The van der Waals surface area contributed by atoms with Gasteiger partial charge in [0.2, 0.25) is 0 Å². The van der Waals surface area contributed by atoms with Crippen molar-refractivity contribution in [2.45, 2.75) is 38.0 Å². The van der Waals surface area contributed by atoms with Crippen molar-refractivity contribution in [2.75, 3.05) is 11.9 Å². The topological polar surface area (TPSA) is 85.6 Å². The van der Waals surface area contributed by atoms with Crippen molar-refractivity contribution in [1.82, 2.24) is 9.66 Å². The molecular formula is C29H27BrN4O3. The largest absolute Gasteiger partial charge is 0.483 e. The van der Waals surface area contributed by atoms with Gasteiger partial charge in [0.1, 0.15) is 11.6 Å². The third kappa shape index (κ3) is 5.97. The molecule has 0 atom stereocenters. The van der Waals surface area contributed by atoms with Crippen LogP contribution in [0.25, 0.3) is 10.9 Å². The summed E-state index contributed by atoms with van der Waals surface area (Å²) in [5.41, 5.74) is 1.83. The lowest BCUT2D eigenvalue weighted by atomic mass is 9.88. The van der Waals surface area contributed by atoms with E-state index in [0.29, 0.717) is 33.7 Å². The summed E-state index contributed by atoms with van der Waals surface area (Å²) in [5, 5.41) is 7.92. The van der Waals surface area contributed by atoms with Crippen LogP contribution < -0.4 is 15.6 Å². The molecule has 0 aliphatic heterocycles. The van der Waals surface area contributed by atoms with Crippen molar-refractivity contribution in [3.8, 4) is 5.75 Å². The molecule has 1 saturated carbocycles. The second-order valence-corrected chi connectivity index (χ2v) is 9.98. The number of fused-ring (bicyclic) bond motifs is 1. The van der Waals surface area contributed by atoms with Gasteiger partial charge in [-0.3, -0.25) is 9.59 Å². The van der Waals surface area contributed by atoms with Gasteiger partial charge in [-0.1, -0.05) is 65.5 Å². The Kier molecular flexibility index (Phi) is 7.75. The number of aromatic nitrogens is 2. The maximum absolute atomic E-state index is 13.5. The fraction of sp³-hybridized carbons (Fsp3) is 0.241. The Labute approximate surface area is 223 Å². The van der Waals surface area contributed by atoms with E-state index in [9.17, 15) is 9.59 Å². The molecule has 0 radical (unpaired) electrons. The van der Waals surface area contributed by atoms with E-state index in [1.807, 2.05) is 60.7 Å². The van der Waals surface area contributed by atoms with E-state index < -0.39 is 0 Å². The summed E-state index contributed by atoms with van der Waals surface area (Å²) >= 11 is 3.46. The third-order valence-corrected chi connectivity index (χ3v) is 6.94. The molecule has 188 valence electrons. The molecule has 1 aliphatic carbocycles. The molecule has 3 aromatic carbocycles. The summed E-state index contributed by atoms with van der Waals surface area (Å²) in [6, 6.07) is 22.1. The van der Waals surface area contributed by atoms with Crippen LogP contribution in [0.3, 0.4) is 0 Å². The van der Waals surface area contributed by atoms with Crippen molar-refractivity contribution in [3.05, 3.63) is 99.0 Å². The van der Waals surface area contributed by atoms with Crippen molar-refractivity contribution in [2.24, 2.45) is 5.10 Å². The van der Waals surface area contributed by atoms with Gasteiger partial charge in [-0.25, -0.2) is 4.98 Å². The molecular weight excluding hydrogens is 532 g/mol. The molecule has 1 amide bonds. The molecule has 1 aromatic heterocycles. The van der Waals surface area contributed by atoms with Gasteiger partial charge in [0.15, 0.2) is 6.61 Å². The number of carbonyl (C=O) groups excluding carboxylic acids is 1. The Morgan fingerprint density at radius 3 is 2.62 bits per heavy atom. The van der Waals surface area contributed by atoms with E-state index in [2.05, 4.69) is 26.3 Å². The molecule has 0 bridgehead atoms. The number of hydrogen-bond acceptors (Lipinski definition) is 5. The Morgan fingerprint density at radius 2 is 1.81 bits per heavy atom. The van der Waals surface area contributed by atoms with Crippen LogP contribution in [0.1, 0.15) is 49.4 Å². The highest BCUT2D eigenvalue weighted by Gasteiger charge is 2.22. The van der Waals surface area contributed by atoms with Gasteiger partial charge < -0.3 is 10.1 Å². The van der Waals surface area contributed by atoms with Crippen LogP contribution in [0.15, 0.2) is 87.2 Å². The summed E-state index contributed by atoms with van der Waals surface area (Å²) in [4.78, 5) is 30.8. The van der Waals surface area contributed by atoms with Gasteiger partial charge in [-0.15, -0.1) is 0 Å². The number of rotatable bonds is 7. The first kappa shape index (κ1) is 24.9. The van der Waals surface area contributed by atoms with E-state index in [0.717, 1.165) is 30.2 Å². The minimum Gasteiger partial charge on any atom is -0.483 e. The number of carbonyl (C=O) groups is 1. The van der Waals surface area contributed by atoms with Crippen molar-refractivity contribution in [1.29, 1.82) is 0 Å². The number of hydrogen-bond donors (Lipinski definition) is 1. The maximum atomic E-state index is 13.5. The predicted molar refractivity (Wildman–Crippen MR) is 150 cm³/mol. The Hall–Kier alpha value is -3.78. The third-order valence-electron chi connectivity index (χ3n) is 6.45. The van der Waals surface area contributed by atoms with Crippen LogP contribution in [0.4, 0.5) is 5.69 Å². The number of anilines is 1. The van der Waals surface area contributed by atoms with Crippen molar-refractivity contribution < 1.29 is 9.53 Å². The fourth-order valence-electron chi connectivity index (χ4n) is 4.60. The number of benzene rings is 3. The molecule has 5 rings (SSSR count). The lowest BCUT2D eigenvalue weighted by Crippen LogP contribution is -2.25. The first-order valence-corrected chi connectivity index (χ1v) is 13.2. The van der Waals surface area contributed by atoms with Gasteiger partial charge in [0, 0.05) is 21.6 Å². The van der Waals surface area contributed by atoms with Gasteiger partial charge in [-0.2, -0.15) is 9.78 Å². The van der Waals surface area contributed by atoms with Gasteiger partial charge in [0.25, 0.3) is 11.5 Å². The van der Waals surface area contributed by atoms with E-state index in [1.54, 1.807) is 18.3 Å². The van der Waals surface area contributed by atoms with Crippen LogP contribution in [0.5, 0.6) is 5.75 Å². The quantitative estimate of drug-likeness (QED) is 0.277. The molecule has 7 nitrogen and oxygen atoms in total. The van der Waals surface area contributed by atoms with E-state index in [-0.39, 0.29) is 24.0 Å². The van der Waals surface area contributed by atoms with Crippen molar-refractivity contribution in [3.63, 3.8) is 0 Å². The van der Waals surface area contributed by atoms with Crippen LogP contribution in [-0.2, 0) is 4.79 Å². The normalized spacial score (nSPS) is 14.2. The van der Waals surface area contributed by atoms with Crippen LogP contribution in [-0.4, -0.2) is 28.4 Å². The van der Waals surface area contributed by atoms with E-state index in [4.69, 9.17) is 9.72 Å². The summed E-state index contributed by atoms with van der Waals surface area (Å²) in [5.74, 6) is 1.10. The van der Waals surface area contributed by atoms with Gasteiger partial charge in [-0.05, 0) is 55.3 Å². The predicted octanol–water partition coefficient (Wildman–Crippen LogP) is 6.11. The number of halogens is 1. The lowest BCUT2D eigenvalue weighted by molar-refractivity contribution is -0.118. The zero-order valence-corrected chi connectivity index (χ0v) is 21.9. The van der Waals surface area contributed by atoms with Crippen LogP contribution in [0.2, 0.25) is 0 Å². The summed E-state index contributed by atoms with van der Waals surface area (Å²) in [7, 11) is 0. The molecule has 0 saturated heterocycles. The smallest absolute Gasteiger partial charge is 0.282 e. The highest BCUT2D eigenvalue weighted by Crippen LogP contribution is 2.32. The Balaban J connectivity index is 1.43. The summed E-state index contributed by atoms with van der Waals surface area (Å²) in [6.45, 7) is -0.154. The first-order chi connectivity index (χ1) is 18.1. The van der Waals surface area contributed by atoms with Crippen LogP contribution >= 0.6 is 15.9 Å². The zero-order valence-electron chi connectivity index (χ0n) is 20.3. The highest BCUT2D eigenvalue weighted by atomic mass is 79.9. The minimum absolute atomic E-state index is 0.154. The molecule has 1 aliphatic rings. The van der Waals surface area contributed by atoms with E-state index in [1.165, 1.54) is 11.1 Å². The average Bonchev–Trinajstić information content (AvgIpc) is 2.93. The molecule has 1 N–H and O–H groups in total. The van der Waals surface area contributed by atoms with Crippen LogP contribution in [0, 0.1) is 0 Å². The average molecular weight is 559 g/mol. The molecule has 4 aromatic rings. The standard InChI is InChI=1S/C29H27BrN4O3/c30-22-15-16-25-24(17-22)29(36)34(28(33-25)20-9-3-1-4-10-20)31-18-21-11-7-8-14-26(21)37-19-27(35)32-23-12-5-2-6-13-23/h2,5-8,11-18,20H,1,3-4,9-10,19H2,(H,32,35). The number of nitrogens with zero attached hydrogens (tertiary/aromatic N) is 3. The molecule has 0 spiro atoms. The molecule has 1 heterocycles. The summed E-state index contributed by atoms with van der Waals surface area (Å²) < 4.78 is 8.06. The fourth-order valence-corrected chi connectivity index (χ4v) is 4.96. The number of nitrogens with one attached hydrogen (secondary N) is 1. The van der Waals surface area contributed by atoms with Crippen molar-refractivity contribution >= 4 is 44.6 Å². The van der Waals surface area contributed by atoms with Gasteiger partial charge >= 0.3 is 0 Å². The molecule has 37 heavy (non-hydrogen) atoms. The second-order valence-electron chi connectivity index (χ2n) is 9.07. The van der Waals surface area contributed by atoms with Gasteiger partial charge in [0.05, 0.1) is 17.1 Å². The Morgan fingerprint density at radius 1 is 1.05 bits per heavy atom. The molecule has 8 heteroatoms. The first-order valence-electron chi connectivity index (χ1n) is 12.4. The number of para-hydroxylation sites is 2. The summed E-state index contributed by atoms with van der Waals surface area (Å²) in [6.07, 6.45) is 7.01. The number of ether oxygens (including phenoxy) is 1.